The zero-order valence-electron chi connectivity index (χ0n) is 15.2. The molecule has 0 aliphatic heterocycles. The van der Waals surface area contributed by atoms with Crippen molar-refractivity contribution in [2.75, 3.05) is 23.3 Å². The van der Waals surface area contributed by atoms with E-state index in [1.54, 1.807) is 12.1 Å². The van der Waals surface area contributed by atoms with Crippen molar-refractivity contribution < 1.29 is 0 Å². The smallest absolute Gasteiger partial charge is 0.259 e. The first kappa shape index (κ1) is 18.1. The molecule has 2 aromatic carbocycles. The van der Waals surface area contributed by atoms with Crippen LogP contribution in [0.3, 0.4) is 0 Å². The highest BCUT2D eigenvalue weighted by Gasteiger charge is 2.10. The van der Waals surface area contributed by atoms with Crippen LogP contribution in [-0.4, -0.2) is 28.0 Å². The van der Waals surface area contributed by atoms with Gasteiger partial charge in [-0.1, -0.05) is 24.4 Å². The van der Waals surface area contributed by atoms with Crippen LogP contribution in [0.1, 0.15) is 25.2 Å². The van der Waals surface area contributed by atoms with Crippen LogP contribution in [0, 0.1) is 6.92 Å². The van der Waals surface area contributed by atoms with E-state index in [2.05, 4.69) is 46.2 Å². The van der Waals surface area contributed by atoms with E-state index in [4.69, 9.17) is 12.2 Å². The lowest BCUT2D eigenvalue weighted by atomic mass is 10.1. The number of para-hydroxylation sites is 1. The molecule has 3 aromatic rings. The Morgan fingerprint density at radius 1 is 1.19 bits per heavy atom. The Bertz CT molecular complexity index is 1010. The Kier molecular flexibility index (Phi) is 5.32. The third-order valence-corrected chi connectivity index (χ3v) is 4.71. The molecule has 134 valence electrons. The molecule has 5 nitrogen and oxygen atoms in total. The van der Waals surface area contributed by atoms with E-state index in [1.807, 2.05) is 25.1 Å². The molecule has 0 radical (unpaired) electrons. The Hall–Kier alpha value is -2.73. The molecule has 1 heterocycles. The van der Waals surface area contributed by atoms with Gasteiger partial charge in [-0.05, 0) is 56.7 Å². The van der Waals surface area contributed by atoms with Gasteiger partial charge in [-0.15, -0.1) is 0 Å². The zero-order chi connectivity index (χ0) is 18.7. The summed E-state index contributed by atoms with van der Waals surface area (Å²) in [4.78, 5) is 22.1. The fraction of sp³-hybridized carbons (Fsp3) is 0.250. The van der Waals surface area contributed by atoms with E-state index in [1.165, 1.54) is 5.69 Å². The van der Waals surface area contributed by atoms with Crippen LogP contribution < -0.4 is 15.8 Å². The summed E-state index contributed by atoms with van der Waals surface area (Å²) in [7, 11) is 0. The minimum atomic E-state index is -0.191. The van der Waals surface area contributed by atoms with Crippen LogP contribution >= 0.6 is 12.2 Å². The summed E-state index contributed by atoms with van der Waals surface area (Å²) >= 11 is 5.46. The largest absolute Gasteiger partial charge is 0.372 e. The van der Waals surface area contributed by atoms with Crippen molar-refractivity contribution >= 4 is 39.5 Å². The van der Waals surface area contributed by atoms with Crippen molar-refractivity contribution in [1.29, 1.82) is 0 Å². The van der Waals surface area contributed by atoms with E-state index in [0.29, 0.717) is 21.7 Å². The number of aromatic amines is 1. The van der Waals surface area contributed by atoms with Crippen molar-refractivity contribution in [3.05, 3.63) is 64.2 Å². The van der Waals surface area contributed by atoms with Crippen molar-refractivity contribution in [2.45, 2.75) is 20.8 Å². The minimum Gasteiger partial charge on any atom is -0.372 e. The SMILES string of the molecule is CCN(CC)c1ccc(NC(=S)c2nc3ccccc3c(=O)[nH]2)c(C)c1. The molecular formula is C20H22N4OS. The highest BCUT2D eigenvalue weighted by molar-refractivity contribution is 7.81. The topological polar surface area (TPSA) is 61.0 Å². The van der Waals surface area contributed by atoms with Gasteiger partial charge in [0.15, 0.2) is 5.82 Å². The van der Waals surface area contributed by atoms with Crippen molar-refractivity contribution in [3.8, 4) is 0 Å². The van der Waals surface area contributed by atoms with E-state index in [-0.39, 0.29) is 5.56 Å². The number of thiocarbonyl (C=S) groups is 1. The van der Waals surface area contributed by atoms with Gasteiger partial charge in [-0.2, -0.15) is 0 Å². The Morgan fingerprint density at radius 3 is 2.62 bits per heavy atom. The van der Waals surface area contributed by atoms with Crippen LogP contribution in [0.4, 0.5) is 11.4 Å². The molecule has 0 saturated carbocycles. The summed E-state index contributed by atoms with van der Waals surface area (Å²) < 4.78 is 0. The molecule has 0 fully saturated rings. The zero-order valence-corrected chi connectivity index (χ0v) is 16.0. The maximum absolute atomic E-state index is 12.2. The van der Waals surface area contributed by atoms with Crippen LogP contribution in [0.5, 0.6) is 0 Å². The van der Waals surface area contributed by atoms with Crippen molar-refractivity contribution in [2.24, 2.45) is 0 Å². The molecule has 0 aliphatic carbocycles. The van der Waals surface area contributed by atoms with Crippen molar-refractivity contribution in [1.82, 2.24) is 9.97 Å². The molecule has 0 aliphatic rings. The van der Waals surface area contributed by atoms with Crippen LogP contribution in [0.2, 0.25) is 0 Å². The average molecular weight is 366 g/mol. The van der Waals surface area contributed by atoms with E-state index >= 15 is 0 Å². The fourth-order valence-corrected chi connectivity index (χ4v) is 3.16. The van der Waals surface area contributed by atoms with E-state index in [0.717, 1.165) is 24.3 Å². The molecule has 26 heavy (non-hydrogen) atoms. The summed E-state index contributed by atoms with van der Waals surface area (Å²) in [6.07, 6.45) is 0. The molecule has 0 atom stereocenters. The molecular weight excluding hydrogens is 344 g/mol. The molecule has 0 saturated heterocycles. The standard InChI is InChI=1S/C20H22N4OS/c1-4-24(5-2)14-10-11-16(13(3)12-14)22-20(26)18-21-17-9-7-6-8-15(17)19(25)23-18/h6-12H,4-5H2,1-3H3,(H,22,26)(H,21,23,25). The molecule has 3 rings (SSSR count). The van der Waals surface area contributed by atoms with Crippen LogP contribution in [0.25, 0.3) is 10.9 Å². The lowest BCUT2D eigenvalue weighted by Gasteiger charge is -2.22. The second kappa shape index (κ2) is 7.66. The summed E-state index contributed by atoms with van der Waals surface area (Å²) in [5.74, 6) is 0.371. The number of H-pyrrole nitrogens is 1. The van der Waals surface area contributed by atoms with Gasteiger partial charge in [-0.3, -0.25) is 4.79 Å². The molecule has 1 aromatic heterocycles. The summed E-state index contributed by atoms with van der Waals surface area (Å²) in [5, 5.41) is 3.76. The highest BCUT2D eigenvalue weighted by Crippen LogP contribution is 2.23. The number of anilines is 2. The maximum atomic E-state index is 12.2. The number of aryl methyl sites for hydroxylation is 1. The van der Waals surface area contributed by atoms with Gasteiger partial charge >= 0.3 is 0 Å². The summed E-state index contributed by atoms with van der Waals surface area (Å²) in [6.45, 7) is 8.24. The lowest BCUT2D eigenvalue weighted by molar-refractivity contribution is 0.866. The summed E-state index contributed by atoms with van der Waals surface area (Å²) in [6, 6.07) is 13.4. The first-order chi connectivity index (χ1) is 12.5. The number of fused-ring (bicyclic) bond motifs is 1. The number of nitrogens with zero attached hydrogens (tertiary/aromatic N) is 2. The van der Waals surface area contributed by atoms with Gasteiger partial charge < -0.3 is 15.2 Å². The second-order valence-electron chi connectivity index (χ2n) is 6.06. The fourth-order valence-electron chi connectivity index (χ4n) is 2.95. The predicted molar refractivity (Wildman–Crippen MR) is 112 cm³/mol. The minimum absolute atomic E-state index is 0.191. The number of hydrogen-bond acceptors (Lipinski definition) is 4. The van der Waals surface area contributed by atoms with Gasteiger partial charge in [0.1, 0.15) is 4.99 Å². The molecule has 0 bridgehead atoms. The third-order valence-electron chi connectivity index (χ3n) is 4.41. The monoisotopic (exact) mass is 366 g/mol. The van der Waals surface area contributed by atoms with Gasteiger partial charge in [0.05, 0.1) is 10.9 Å². The van der Waals surface area contributed by atoms with Gasteiger partial charge in [0.2, 0.25) is 0 Å². The van der Waals surface area contributed by atoms with Crippen molar-refractivity contribution in [3.63, 3.8) is 0 Å². The Balaban J connectivity index is 1.87. The average Bonchev–Trinajstić information content (AvgIpc) is 2.64. The number of hydrogen-bond donors (Lipinski definition) is 2. The number of benzene rings is 2. The number of nitrogens with one attached hydrogen (secondary N) is 2. The summed E-state index contributed by atoms with van der Waals surface area (Å²) in [5.41, 5.74) is 3.61. The van der Waals surface area contributed by atoms with Gasteiger partial charge in [-0.25, -0.2) is 4.98 Å². The molecule has 6 heteroatoms. The molecule has 0 spiro atoms. The number of rotatable bonds is 5. The van der Waals surface area contributed by atoms with Gasteiger partial charge in [0.25, 0.3) is 5.56 Å². The third kappa shape index (κ3) is 3.60. The highest BCUT2D eigenvalue weighted by atomic mass is 32.1. The molecule has 0 amide bonds. The first-order valence-corrected chi connectivity index (χ1v) is 9.10. The van der Waals surface area contributed by atoms with E-state index < -0.39 is 0 Å². The first-order valence-electron chi connectivity index (χ1n) is 8.69. The van der Waals surface area contributed by atoms with Crippen LogP contribution in [-0.2, 0) is 0 Å². The molecule has 2 N–H and O–H groups in total. The quantitative estimate of drug-likeness (QED) is 0.671. The maximum Gasteiger partial charge on any atom is 0.259 e. The lowest BCUT2D eigenvalue weighted by Crippen LogP contribution is -2.22. The second-order valence-corrected chi connectivity index (χ2v) is 6.47. The van der Waals surface area contributed by atoms with Gasteiger partial charge in [0, 0.05) is 24.5 Å². The molecule has 0 unspecified atom stereocenters. The Labute approximate surface area is 158 Å². The predicted octanol–water partition coefficient (Wildman–Crippen LogP) is 3.87. The normalized spacial score (nSPS) is 10.7. The van der Waals surface area contributed by atoms with E-state index in [9.17, 15) is 4.79 Å². The van der Waals surface area contributed by atoms with Crippen LogP contribution in [0.15, 0.2) is 47.3 Å². The number of aromatic nitrogens is 2. The Morgan fingerprint density at radius 2 is 1.92 bits per heavy atom.